The molecule has 106 valence electrons. The first-order chi connectivity index (χ1) is 7.96. The smallest absolute Gasteiger partial charge is 0.327 e. The number of hydrogen-bond donors (Lipinski definition) is 3. The second kappa shape index (κ2) is 11.8. The lowest BCUT2D eigenvalue weighted by Gasteiger charge is -1.97. The van der Waals surface area contributed by atoms with Crippen LogP contribution in [0, 0.1) is 5.92 Å². The van der Waals surface area contributed by atoms with Crippen LogP contribution in [-0.2, 0) is 19.7 Å². The zero-order valence-corrected chi connectivity index (χ0v) is 11.2. The van der Waals surface area contributed by atoms with E-state index in [1.165, 1.54) is 0 Å². The van der Waals surface area contributed by atoms with Gasteiger partial charge in [-0.25, -0.2) is 4.79 Å². The second-order valence-electron chi connectivity index (χ2n) is 3.29. The van der Waals surface area contributed by atoms with Crippen LogP contribution in [0.15, 0.2) is 25.3 Å². The molecule has 0 unspecified atom stereocenters. The van der Waals surface area contributed by atoms with E-state index in [4.69, 9.17) is 9.66 Å². The third-order valence-electron chi connectivity index (χ3n) is 0.920. The molecular formula is C10H19NO6S. The van der Waals surface area contributed by atoms with Gasteiger partial charge >= 0.3 is 5.97 Å². The van der Waals surface area contributed by atoms with Gasteiger partial charge in [0.05, 0.1) is 5.75 Å². The van der Waals surface area contributed by atoms with Gasteiger partial charge in [-0.1, -0.05) is 27.0 Å². The van der Waals surface area contributed by atoms with E-state index < -0.39 is 22.0 Å². The Bertz CT molecular complexity index is 354. The summed E-state index contributed by atoms with van der Waals surface area (Å²) in [7, 11) is -3.72. The van der Waals surface area contributed by atoms with E-state index >= 15 is 0 Å². The predicted octanol–water partition coefficient (Wildman–Crippen LogP) is 0.445. The largest absolute Gasteiger partial charge is 0.478 e. The molecule has 0 aromatic carbocycles. The topological polar surface area (TPSA) is 135 Å². The van der Waals surface area contributed by atoms with E-state index in [9.17, 15) is 18.0 Å². The quantitative estimate of drug-likeness (QED) is 0.505. The van der Waals surface area contributed by atoms with Gasteiger partial charge in [0.1, 0.15) is 0 Å². The molecule has 1 amide bonds. The van der Waals surface area contributed by atoms with Crippen molar-refractivity contribution < 1.29 is 27.7 Å². The van der Waals surface area contributed by atoms with Crippen molar-refractivity contribution in [1.29, 1.82) is 0 Å². The minimum atomic E-state index is -3.72. The molecule has 0 spiro atoms. The van der Waals surface area contributed by atoms with Crippen LogP contribution in [0.4, 0.5) is 0 Å². The molecule has 0 saturated carbocycles. The molecule has 0 aromatic heterocycles. The summed E-state index contributed by atoms with van der Waals surface area (Å²) in [5.41, 5.74) is 4.53. The van der Waals surface area contributed by atoms with Crippen LogP contribution < -0.4 is 5.73 Å². The monoisotopic (exact) mass is 281 g/mol. The molecule has 0 aliphatic rings. The van der Waals surface area contributed by atoms with Crippen molar-refractivity contribution in [2.24, 2.45) is 11.7 Å². The van der Waals surface area contributed by atoms with Crippen molar-refractivity contribution in [1.82, 2.24) is 0 Å². The summed E-state index contributed by atoms with van der Waals surface area (Å²) in [6.07, 6.45) is 1.89. The van der Waals surface area contributed by atoms with Crippen LogP contribution >= 0.6 is 0 Å². The molecule has 0 aliphatic heterocycles. The molecule has 0 rings (SSSR count). The summed E-state index contributed by atoms with van der Waals surface area (Å²) >= 11 is 0. The van der Waals surface area contributed by atoms with Crippen LogP contribution in [0.3, 0.4) is 0 Å². The van der Waals surface area contributed by atoms with Crippen LogP contribution in [-0.4, -0.2) is 35.7 Å². The number of carbonyl (C=O) groups is 2. The van der Waals surface area contributed by atoms with Gasteiger partial charge in [0.2, 0.25) is 5.91 Å². The Kier molecular flexibility index (Phi) is 14.2. The van der Waals surface area contributed by atoms with Crippen molar-refractivity contribution >= 4 is 22.0 Å². The Morgan fingerprint density at radius 3 is 1.56 bits per heavy atom. The maximum absolute atomic E-state index is 10.00. The SMILES string of the molecule is C=CC(=O)O.C=CC(N)=O.CC(C)CS(=O)(=O)O. The van der Waals surface area contributed by atoms with E-state index in [-0.39, 0.29) is 11.7 Å². The number of carboxylic acids is 1. The van der Waals surface area contributed by atoms with Gasteiger partial charge in [0.25, 0.3) is 10.1 Å². The molecule has 18 heavy (non-hydrogen) atoms. The van der Waals surface area contributed by atoms with Gasteiger partial charge < -0.3 is 10.8 Å². The lowest BCUT2D eigenvalue weighted by atomic mass is 10.3. The molecule has 4 N–H and O–H groups in total. The summed E-state index contributed by atoms with van der Waals surface area (Å²) in [6.45, 7) is 9.51. The number of aliphatic carboxylic acids is 1. The molecule has 0 aromatic rings. The normalized spacial score (nSPS) is 9.11. The van der Waals surface area contributed by atoms with E-state index in [1.54, 1.807) is 13.8 Å². The maximum Gasteiger partial charge on any atom is 0.327 e. The van der Waals surface area contributed by atoms with Crippen LogP contribution in [0.2, 0.25) is 0 Å². The highest BCUT2D eigenvalue weighted by Gasteiger charge is 2.06. The number of primary amides is 1. The first-order valence-electron chi connectivity index (χ1n) is 4.68. The zero-order chi connectivity index (χ0) is 15.4. The highest BCUT2D eigenvalue weighted by Crippen LogP contribution is 1.95. The van der Waals surface area contributed by atoms with Gasteiger partial charge in [-0.3, -0.25) is 9.35 Å². The van der Waals surface area contributed by atoms with Gasteiger partial charge in [-0.2, -0.15) is 8.42 Å². The molecule has 0 saturated heterocycles. The first kappa shape index (κ1) is 21.6. The molecule has 0 atom stereocenters. The lowest BCUT2D eigenvalue weighted by Crippen LogP contribution is -2.09. The van der Waals surface area contributed by atoms with Crippen molar-refractivity contribution in [3.63, 3.8) is 0 Å². The second-order valence-corrected chi connectivity index (χ2v) is 4.79. The first-order valence-corrected chi connectivity index (χ1v) is 6.29. The average Bonchev–Trinajstić information content (AvgIpc) is 2.15. The summed E-state index contributed by atoms with van der Waals surface area (Å²) in [5.74, 6) is -1.60. The van der Waals surface area contributed by atoms with E-state index in [1.807, 2.05) is 0 Å². The fraction of sp³-hybridized carbons (Fsp3) is 0.400. The van der Waals surface area contributed by atoms with Crippen LogP contribution in [0.5, 0.6) is 0 Å². The predicted molar refractivity (Wildman–Crippen MR) is 68.5 cm³/mol. The minimum Gasteiger partial charge on any atom is -0.478 e. The Hall–Kier alpha value is -1.67. The van der Waals surface area contributed by atoms with Crippen molar-refractivity contribution in [2.75, 3.05) is 5.75 Å². The maximum atomic E-state index is 10.00. The third kappa shape index (κ3) is 47.4. The molecular weight excluding hydrogens is 262 g/mol. The fourth-order valence-corrected chi connectivity index (χ4v) is 1.26. The number of amides is 1. The zero-order valence-electron chi connectivity index (χ0n) is 10.4. The van der Waals surface area contributed by atoms with Crippen molar-refractivity contribution in [3.05, 3.63) is 25.3 Å². The van der Waals surface area contributed by atoms with E-state index in [2.05, 4.69) is 18.9 Å². The fourth-order valence-electron chi connectivity index (χ4n) is 0.421. The highest BCUT2D eigenvalue weighted by atomic mass is 32.2. The summed E-state index contributed by atoms with van der Waals surface area (Å²) in [4.78, 5) is 18.7. The number of carbonyl (C=O) groups excluding carboxylic acids is 1. The van der Waals surface area contributed by atoms with Gasteiger partial charge in [-0.05, 0) is 12.0 Å². The Balaban J connectivity index is -0.000000197. The summed E-state index contributed by atoms with van der Waals surface area (Å²) < 4.78 is 28.2. The molecule has 8 heteroatoms. The van der Waals surface area contributed by atoms with Gasteiger partial charge in [0, 0.05) is 6.08 Å². The van der Waals surface area contributed by atoms with Gasteiger partial charge in [-0.15, -0.1) is 0 Å². The molecule has 0 aliphatic carbocycles. The Morgan fingerprint density at radius 1 is 1.28 bits per heavy atom. The van der Waals surface area contributed by atoms with Crippen molar-refractivity contribution in [2.45, 2.75) is 13.8 Å². The van der Waals surface area contributed by atoms with Crippen LogP contribution in [0.1, 0.15) is 13.8 Å². The molecule has 0 bridgehead atoms. The lowest BCUT2D eigenvalue weighted by molar-refractivity contribution is -0.131. The minimum absolute atomic E-state index is 0.00463. The average molecular weight is 281 g/mol. The third-order valence-corrected chi connectivity index (χ3v) is 2.01. The standard InChI is InChI=1S/C4H10O3S.C3H5NO.C3H4O2/c1-4(2)3-8(5,6)7;2*1-2-3(4)5/h4H,3H2,1-2H3,(H,5,6,7);2H,1H2,(H2,4,5);2H,1H2,(H,4,5). The van der Waals surface area contributed by atoms with Gasteiger partial charge in [0.15, 0.2) is 0 Å². The molecule has 0 radical (unpaired) electrons. The number of hydrogen-bond acceptors (Lipinski definition) is 4. The van der Waals surface area contributed by atoms with E-state index in [0.29, 0.717) is 0 Å². The highest BCUT2D eigenvalue weighted by molar-refractivity contribution is 7.85. The number of carboxylic acid groups (broad SMARTS) is 1. The molecule has 7 nitrogen and oxygen atoms in total. The molecule has 0 heterocycles. The van der Waals surface area contributed by atoms with E-state index in [0.717, 1.165) is 12.2 Å². The molecule has 0 fully saturated rings. The van der Waals surface area contributed by atoms with Crippen LogP contribution in [0.25, 0.3) is 0 Å². The Labute approximate surface area is 107 Å². The number of nitrogens with two attached hydrogens (primary N) is 1. The van der Waals surface area contributed by atoms with Crippen molar-refractivity contribution in [3.8, 4) is 0 Å². The summed E-state index contributed by atoms with van der Waals surface area (Å²) in [5, 5.41) is 7.60. The number of rotatable bonds is 4. The summed E-state index contributed by atoms with van der Waals surface area (Å²) in [6, 6.07) is 0. The Morgan fingerprint density at radius 2 is 1.56 bits per heavy atom.